The van der Waals surface area contributed by atoms with E-state index in [4.69, 9.17) is 11.0 Å². The van der Waals surface area contributed by atoms with Crippen molar-refractivity contribution in [2.24, 2.45) is 5.73 Å². The van der Waals surface area contributed by atoms with Crippen LogP contribution in [0.3, 0.4) is 0 Å². The zero-order valence-corrected chi connectivity index (χ0v) is 7.31. The van der Waals surface area contributed by atoms with Crippen molar-refractivity contribution < 1.29 is 5.11 Å². The average molecular weight is 177 g/mol. The highest BCUT2D eigenvalue weighted by Gasteiger charge is 2.13. The molecule has 0 saturated heterocycles. The molecule has 1 aromatic rings. The highest BCUT2D eigenvalue weighted by atomic mass is 16.3. The van der Waals surface area contributed by atoms with Crippen molar-refractivity contribution >= 4 is 0 Å². The first-order valence-electron chi connectivity index (χ1n) is 3.96. The fourth-order valence-electron chi connectivity index (χ4n) is 0.947. The molecule has 0 aromatic carbocycles. The topological polar surface area (TPSA) is 82.9 Å². The third-order valence-electron chi connectivity index (χ3n) is 1.75. The third-order valence-corrected chi connectivity index (χ3v) is 1.75. The Bertz CT molecular complexity index is 330. The Hall–Kier alpha value is -1.44. The first kappa shape index (κ1) is 9.65. The minimum absolute atomic E-state index is 0.314. The van der Waals surface area contributed by atoms with Crippen LogP contribution in [-0.4, -0.2) is 16.2 Å². The number of hydrogen-bond donors (Lipinski definition) is 2. The summed E-state index contributed by atoms with van der Waals surface area (Å²) in [7, 11) is 0. The standard InChI is InChI=1S/C9H11N3O/c1-6(13)9(11)8-4-2-3-7(5-10)12-8/h2-4,6,9,13H,11H2,1H3/t6-,9-/m1/s1. The molecular formula is C9H11N3O. The summed E-state index contributed by atoms with van der Waals surface area (Å²) in [4.78, 5) is 3.97. The van der Waals surface area contributed by atoms with Crippen LogP contribution in [0, 0.1) is 11.3 Å². The quantitative estimate of drug-likeness (QED) is 0.682. The van der Waals surface area contributed by atoms with Gasteiger partial charge in [0.2, 0.25) is 0 Å². The van der Waals surface area contributed by atoms with Crippen molar-refractivity contribution in [3.63, 3.8) is 0 Å². The fourth-order valence-corrected chi connectivity index (χ4v) is 0.947. The molecule has 1 heterocycles. The van der Waals surface area contributed by atoms with Crippen LogP contribution >= 0.6 is 0 Å². The summed E-state index contributed by atoms with van der Waals surface area (Å²) in [6, 6.07) is 6.36. The van der Waals surface area contributed by atoms with E-state index < -0.39 is 12.1 Å². The second-order valence-electron chi connectivity index (χ2n) is 2.83. The molecule has 0 bridgehead atoms. The molecule has 4 heteroatoms. The van der Waals surface area contributed by atoms with Crippen LogP contribution in [0.1, 0.15) is 24.4 Å². The zero-order valence-electron chi connectivity index (χ0n) is 7.31. The lowest BCUT2D eigenvalue weighted by atomic mass is 10.1. The lowest BCUT2D eigenvalue weighted by Crippen LogP contribution is -2.24. The van der Waals surface area contributed by atoms with Gasteiger partial charge in [-0.2, -0.15) is 5.26 Å². The number of aliphatic hydroxyl groups is 1. The summed E-state index contributed by atoms with van der Waals surface area (Å²) in [6.07, 6.45) is -0.665. The monoisotopic (exact) mass is 177 g/mol. The van der Waals surface area contributed by atoms with Gasteiger partial charge in [0.1, 0.15) is 11.8 Å². The first-order valence-corrected chi connectivity index (χ1v) is 3.96. The molecule has 0 aliphatic carbocycles. The molecule has 4 nitrogen and oxygen atoms in total. The summed E-state index contributed by atoms with van der Waals surface area (Å²) >= 11 is 0. The number of nitrogens with two attached hydrogens (primary N) is 1. The average Bonchev–Trinajstić information content (AvgIpc) is 2.16. The van der Waals surface area contributed by atoms with Crippen molar-refractivity contribution in [1.82, 2.24) is 4.98 Å². The molecule has 0 saturated carbocycles. The molecule has 0 radical (unpaired) electrons. The Morgan fingerprint density at radius 1 is 1.62 bits per heavy atom. The van der Waals surface area contributed by atoms with Gasteiger partial charge < -0.3 is 10.8 Å². The molecule has 1 rings (SSSR count). The van der Waals surface area contributed by atoms with Gasteiger partial charge in [-0.15, -0.1) is 0 Å². The van der Waals surface area contributed by atoms with Crippen LogP contribution in [0.2, 0.25) is 0 Å². The number of aliphatic hydroxyl groups excluding tert-OH is 1. The van der Waals surface area contributed by atoms with Gasteiger partial charge in [-0.1, -0.05) is 6.07 Å². The van der Waals surface area contributed by atoms with Crippen LogP contribution in [0.25, 0.3) is 0 Å². The van der Waals surface area contributed by atoms with Crippen molar-refractivity contribution in [3.05, 3.63) is 29.6 Å². The normalized spacial score (nSPS) is 14.6. The van der Waals surface area contributed by atoms with Gasteiger partial charge in [0.25, 0.3) is 0 Å². The first-order chi connectivity index (χ1) is 6.15. The molecule has 0 aliphatic heterocycles. The SMILES string of the molecule is C[C@@H](O)[C@@H](N)c1cccc(C#N)n1. The van der Waals surface area contributed by atoms with E-state index in [9.17, 15) is 5.11 Å². The number of rotatable bonds is 2. The van der Waals surface area contributed by atoms with Crippen molar-refractivity contribution in [3.8, 4) is 6.07 Å². The van der Waals surface area contributed by atoms with E-state index in [2.05, 4.69) is 4.98 Å². The summed E-state index contributed by atoms with van der Waals surface area (Å²) in [6.45, 7) is 1.59. The highest BCUT2D eigenvalue weighted by Crippen LogP contribution is 2.11. The molecule has 3 N–H and O–H groups in total. The molecule has 0 aliphatic rings. The van der Waals surface area contributed by atoms with Gasteiger partial charge in [0, 0.05) is 0 Å². The van der Waals surface area contributed by atoms with Crippen LogP contribution in [0.5, 0.6) is 0 Å². The molecular weight excluding hydrogens is 166 g/mol. The molecule has 0 amide bonds. The van der Waals surface area contributed by atoms with E-state index in [-0.39, 0.29) is 0 Å². The van der Waals surface area contributed by atoms with Crippen LogP contribution < -0.4 is 5.73 Å². The van der Waals surface area contributed by atoms with E-state index in [0.717, 1.165) is 0 Å². The Labute approximate surface area is 76.6 Å². The molecule has 0 unspecified atom stereocenters. The van der Waals surface area contributed by atoms with Crippen LogP contribution in [0.15, 0.2) is 18.2 Å². The summed E-state index contributed by atoms with van der Waals surface area (Å²) in [5.41, 5.74) is 6.49. The number of nitriles is 1. The second kappa shape index (κ2) is 3.99. The number of nitrogens with zero attached hydrogens (tertiary/aromatic N) is 2. The largest absolute Gasteiger partial charge is 0.391 e. The number of pyridine rings is 1. The Balaban J connectivity index is 2.96. The maximum atomic E-state index is 9.19. The Kier molecular flexibility index (Phi) is 2.96. The molecule has 0 spiro atoms. The predicted molar refractivity (Wildman–Crippen MR) is 47.6 cm³/mol. The van der Waals surface area contributed by atoms with Gasteiger partial charge in [-0.3, -0.25) is 0 Å². The molecule has 2 atom stereocenters. The smallest absolute Gasteiger partial charge is 0.140 e. The minimum atomic E-state index is -0.665. The van der Waals surface area contributed by atoms with Crippen molar-refractivity contribution in [2.75, 3.05) is 0 Å². The van der Waals surface area contributed by atoms with E-state index in [1.807, 2.05) is 6.07 Å². The van der Waals surface area contributed by atoms with Crippen LogP contribution in [-0.2, 0) is 0 Å². The summed E-state index contributed by atoms with van der Waals surface area (Å²) < 4.78 is 0. The van der Waals surface area contributed by atoms with E-state index in [1.165, 1.54) is 0 Å². The number of hydrogen-bond acceptors (Lipinski definition) is 4. The lowest BCUT2D eigenvalue weighted by Gasteiger charge is -2.13. The van der Waals surface area contributed by atoms with Gasteiger partial charge >= 0.3 is 0 Å². The maximum Gasteiger partial charge on any atom is 0.140 e. The summed E-state index contributed by atoms with van der Waals surface area (Å²) in [5, 5.41) is 17.8. The lowest BCUT2D eigenvalue weighted by molar-refractivity contribution is 0.162. The molecule has 68 valence electrons. The third kappa shape index (κ3) is 2.25. The van der Waals surface area contributed by atoms with Gasteiger partial charge in [-0.05, 0) is 19.1 Å². The molecule has 0 fully saturated rings. The maximum absolute atomic E-state index is 9.19. The van der Waals surface area contributed by atoms with Crippen molar-refractivity contribution in [1.29, 1.82) is 5.26 Å². The van der Waals surface area contributed by atoms with E-state index in [1.54, 1.807) is 25.1 Å². The predicted octanol–water partition coefficient (Wildman–Crippen LogP) is 0.334. The van der Waals surface area contributed by atoms with Gasteiger partial charge in [0.15, 0.2) is 0 Å². The van der Waals surface area contributed by atoms with E-state index >= 15 is 0 Å². The van der Waals surface area contributed by atoms with Crippen LogP contribution in [0.4, 0.5) is 0 Å². The summed E-state index contributed by atoms with van der Waals surface area (Å²) in [5.74, 6) is 0. The van der Waals surface area contributed by atoms with Gasteiger partial charge in [0.05, 0.1) is 17.8 Å². The highest BCUT2D eigenvalue weighted by molar-refractivity contribution is 5.23. The minimum Gasteiger partial charge on any atom is -0.391 e. The second-order valence-corrected chi connectivity index (χ2v) is 2.83. The van der Waals surface area contributed by atoms with E-state index in [0.29, 0.717) is 11.4 Å². The fraction of sp³-hybridized carbons (Fsp3) is 0.333. The Morgan fingerprint density at radius 3 is 2.85 bits per heavy atom. The zero-order chi connectivity index (χ0) is 9.84. The number of aromatic nitrogens is 1. The van der Waals surface area contributed by atoms with Crippen molar-refractivity contribution in [2.45, 2.75) is 19.1 Å². The van der Waals surface area contributed by atoms with Gasteiger partial charge in [-0.25, -0.2) is 4.98 Å². The Morgan fingerprint density at radius 2 is 2.31 bits per heavy atom. The molecule has 13 heavy (non-hydrogen) atoms. The molecule has 1 aromatic heterocycles.